The van der Waals surface area contributed by atoms with Gasteiger partial charge < -0.3 is 10.4 Å². The summed E-state index contributed by atoms with van der Waals surface area (Å²) in [6, 6.07) is 5.07. The molecule has 0 spiro atoms. The Kier molecular flexibility index (Phi) is 4.55. The van der Waals surface area contributed by atoms with Crippen molar-refractivity contribution in [3.63, 3.8) is 0 Å². The molecular weight excluding hydrogens is 214 g/mol. The van der Waals surface area contributed by atoms with E-state index in [1.54, 1.807) is 12.1 Å². The van der Waals surface area contributed by atoms with Crippen LogP contribution < -0.4 is 5.32 Å². The molecule has 3 nitrogen and oxygen atoms in total. The number of hydrogen-bond donors (Lipinski definition) is 2. The van der Waals surface area contributed by atoms with E-state index in [4.69, 9.17) is 0 Å². The molecule has 1 rings (SSSR count). The van der Waals surface area contributed by atoms with Crippen LogP contribution in [-0.2, 0) is 0 Å². The average molecular weight is 235 g/mol. The maximum atomic E-state index is 11.8. The Hall–Kier alpha value is -1.51. The minimum absolute atomic E-state index is 0.0414. The highest BCUT2D eigenvalue weighted by Gasteiger charge is 2.13. The number of aryl methyl sites for hydroxylation is 1. The van der Waals surface area contributed by atoms with Gasteiger partial charge in [-0.3, -0.25) is 4.79 Å². The van der Waals surface area contributed by atoms with Crippen LogP contribution in [0.5, 0.6) is 5.75 Å². The van der Waals surface area contributed by atoms with Crippen molar-refractivity contribution in [1.29, 1.82) is 0 Å². The van der Waals surface area contributed by atoms with Crippen LogP contribution in [-0.4, -0.2) is 17.6 Å². The maximum Gasteiger partial charge on any atom is 0.255 e. The molecule has 0 heterocycles. The minimum Gasteiger partial charge on any atom is -0.507 e. The van der Waals surface area contributed by atoms with Crippen LogP contribution >= 0.6 is 0 Å². The van der Waals surface area contributed by atoms with Crippen molar-refractivity contribution in [3.8, 4) is 5.75 Å². The fraction of sp³-hybridized carbons (Fsp3) is 0.500. The summed E-state index contributed by atoms with van der Waals surface area (Å²) in [6.45, 7) is 8.85. The van der Waals surface area contributed by atoms with E-state index in [0.29, 0.717) is 23.9 Å². The van der Waals surface area contributed by atoms with Crippen LogP contribution in [0.25, 0.3) is 0 Å². The molecule has 0 aliphatic heterocycles. The third-order valence-electron chi connectivity index (χ3n) is 3.12. The van der Waals surface area contributed by atoms with E-state index in [-0.39, 0.29) is 11.7 Å². The normalized spacial score (nSPS) is 12.5. The van der Waals surface area contributed by atoms with Crippen molar-refractivity contribution >= 4 is 5.91 Å². The molecule has 3 heteroatoms. The first-order valence-electron chi connectivity index (χ1n) is 5.99. The van der Waals surface area contributed by atoms with Crippen LogP contribution in [0.2, 0.25) is 0 Å². The average Bonchev–Trinajstić information content (AvgIpc) is 2.25. The Morgan fingerprint density at radius 3 is 2.53 bits per heavy atom. The Labute approximate surface area is 103 Å². The molecule has 0 radical (unpaired) electrons. The Morgan fingerprint density at radius 2 is 2.00 bits per heavy atom. The van der Waals surface area contributed by atoms with Gasteiger partial charge in [0.2, 0.25) is 0 Å². The lowest BCUT2D eigenvalue weighted by Crippen LogP contribution is -2.30. The highest BCUT2D eigenvalue weighted by atomic mass is 16.3. The van der Waals surface area contributed by atoms with Gasteiger partial charge in [0.1, 0.15) is 5.75 Å². The Bertz CT molecular complexity index is 399. The fourth-order valence-corrected chi connectivity index (χ4v) is 1.42. The summed E-state index contributed by atoms with van der Waals surface area (Å²) >= 11 is 0. The number of benzene rings is 1. The molecule has 0 saturated carbocycles. The molecule has 17 heavy (non-hydrogen) atoms. The van der Waals surface area contributed by atoms with E-state index in [0.717, 1.165) is 5.56 Å². The topological polar surface area (TPSA) is 49.3 Å². The van der Waals surface area contributed by atoms with Crippen LogP contribution in [0.4, 0.5) is 0 Å². The fourth-order valence-electron chi connectivity index (χ4n) is 1.42. The second kappa shape index (κ2) is 5.71. The zero-order valence-electron chi connectivity index (χ0n) is 10.9. The predicted octanol–water partition coefficient (Wildman–Crippen LogP) is 2.72. The molecule has 1 aromatic rings. The predicted molar refractivity (Wildman–Crippen MR) is 69.2 cm³/mol. The van der Waals surface area contributed by atoms with E-state index in [1.165, 1.54) is 0 Å². The summed E-state index contributed by atoms with van der Waals surface area (Å²) in [5.41, 5.74) is 1.28. The highest BCUT2D eigenvalue weighted by molar-refractivity contribution is 5.96. The summed E-state index contributed by atoms with van der Waals surface area (Å²) in [4.78, 5) is 11.8. The second-order valence-corrected chi connectivity index (χ2v) is 4.95. The van der Waals surface area contributed by atoms with Crippen LogP contribution in [0.1, 0.15) is 36.7 Å². The maximum absolute atomic E-state index is 11.8. The third-order valence-corrected chi connectivity index (χ3v) is 3.12. The zero-order chi connectivity index (χ0) is 13.0. The van der Waals surface area contributed by atoms with Gasteiger partial charge in [-0.1, -0.05) is 26.8 Å². The van der Waals surface area contributed by atoms with Gasteiger partial charge in [0.15, 0.2) is 0 Å². The number of carbonyl (C=O) groups is 1. The van der Waals surface area contributed by atoms with E-state index in [2.05, 4.69) is 26.1 Å². The Balaban J connectivity index is 2.64. The summed E-state index contributed by atoms with van der Waals surface area (Å²) in [5, 5.41) is 12.5. The van der Waals surface area contributed by atoms with Crippen molar-refractivity contribution in [1.82, 2.24) is 5.32 Å². The second-order valence-electron chi connectivity index (χ2n) is 4.95. The quantitative estimate of drug-likeness (QED) is 0.843. The molecule has 0 aromatic heterocycles. The molecule has 1 amide bonds. The molecule has 0 aliphatic carbocycles. The van der Waals surface area contributed by atoms with Gasteiger partial charge in [-0.25, -0.2) is 0 Å². The van der Waals surface area contributed by atoms with Gasteiger partial charge in [-0.2, -0.15) is 0 Å². The van der Waals surface area contributed by atoms with Gasteiger partial charge in [0.25, 0.3) is 5.91 Å². The number of phenols is 1. The summed E-state index contributed by atoms with van der Waals surface area (Å²) in [7, 11) is 0. The van der Waals surface area contributed by atoms with Crippen molar-refractivity contribution in [2.24, 2.45) is 11.8 Å². The smallest absolute Gasteiger partial charge is 0.255 e. The number of hydrogen-bond acceptors (Lipinski definition) is 2. The lowest BCUT2D eigenvalue weighted by Gasteiger charge is -2.16. The van der Waals surface area contributed by atoms with Gasteiger partial charge >= 0.3 is 0 Å². The molecule has 94 valence electrons. The summed E-state index contributed by atoms with van der Waals surface area (Å²) in [6.07, 6.45) is 0. The van der Waals surface area contributed by atoms with Crippen LogP contribution in [0.15, 0.2) is 18.2 Å². The van der Waals surface area contributed by atoms with Crippen LogP contribution in [0, 0.1) is 18.8 Å². The number of carbonyl (C=O) groups excluding carboxylic acids is 1. The number of aromatic hydroxyl groups is 1. The van der Waals surface area contributed by atoms with E-state index >= 15 is 0 Å². The van der Waals surface area contributed by atoms with Gasteiger partial charge in [0.05, 0.1) is 5.56 Å². The molecule has 0 fully saturated rings. The van der Waals surface area contributed by atoms with Crippen LogP contribution in [0.3, 0.4) is 0 Å². The molecule has 2 N–H and O–H groups in total. The molecule has 1 aromatic carbocycles. The first-order chi connectivity index (χ1) is 7.91. The molecule has 0 aliphatic rings. The SMILES string of the molecule is Cc1ccc(C(=O)NCC(C)C(C)C)c(O)c1. The Morgan fingerprint density at radius 1 is 1.35 bits per heavy atom. The van der Waals surface area contributed by atoms with E-state index in [1.807, 2.05) is 13.0 Å². The molecular formula is C14H21NO2. The first-order valence-corrected chi connectivity index (χ1v) is 5.99. The van der Waals surface area contributed by atoms with Crippen molar-refractivity contribution in [2.45, 2.75) is 27.7 Å². The molecule has 1 atom stereocenters. The molecule has 0 bridgehead atoms. The van der Waals surface area contributed by atoms with E-state index in [9.17, 15) is 9.90 Å². The number of rotatable bonds is 4. The van der Waals surface area contributed by atoms with Gasteiger partial charge in [-0.05, 0) is 36.5 Å². The molecule has 0 saturated heterocycles. The summed E-state index contributed by atoms with van der Waals surface area (Å²) in [5.74, 6) is 0.781. The van der Waals surface area contributed by atoms with Crippen molar-refractivity contribution in [2.75, 3.05) is 6.54 Å². The zero-order valence-corrected chi connectivity index (χ0v) is 10.9. The van der Waals surface area contributed by atoms with Crippen molar-refractivity contribution in [3.05, 3.63) is 29.3 Å². The monoisotopic (exact) mass is 235 g/mol. The lowest BCUT2D eigenvalue weighted by molar-refractivity contribution is 0.0942. The minimum atomic E-state index is -0.213. The third kappa shape index (κ3) is 3.77. The number of amides is 1. The number of nitrogens with one attached hydrogen (secondary N) is 1. The lowest BCUT2D eigenvalue weighted by atomic mass is 9.98. The standard InChI is InChI=1S/C14H21NO2/c1-9(2)11(4)8-15-14(17)12-6-5-10(3)7-13(12)16/h5-7,9,11,16H,8H2,1-4H3,(H,15,17). The van der Waals surface area contributed by atoms with E-state index < -0.39 is 0 Å². The highest BCUT2D eigenvalue weighted by Crippen LogP contribution is 2.18. The first kappa shape index (κ1) is 13.6. The molecule has 1 unspecified atom stereocenters. The van der Waals surface area contributed by atoms with Crippen molar-refractivity contribution < 1.29 is 9.90 Å². The largest absolute Gasteiger partial charge is 0.507 e. The number of phenolic OH excluding ortho intramolecular Hbond substituents is 1. The van der Waals surface area contributed by atoms with Gasteiger partial charge in [-0.15, -0.1) is 0 Å². The van der Waals surface area contributed by atoms with Gasteiger partial charge in [0, 0.05) is 6.54 Å². The summed E-state index contributed by atoms with van der Waals surface area (Å²) < 4.78 is 0.